The number of carbonyl (C=O) groups excluding carboxylic acids is 2. The number of carbonyl (C=O) groups is 2. The molecule has 0 unspecified atom stereocenters. The Kier molecular flexibility index (Phi) is 6.02. The predicted molar refractivity (Wildman–Crippen MR) is 123 cm³/mol. The van der Waals surface area contributed by atoms with Crippen LogP contribution in [0.5, 0.6) is 0 Å². The Balaban J connectivity index is 1.32. The summed E-state index contributed by atoms with van der Waals surface area (Å²) in [6, 6.07) is 6.80. The van der Waals surface area contributed by atoms with Crippen LogP contribution in [0.15, 0.2) is 33.5 Å². The fourth-order valence-corrected chi connectivity index (χ4v) is 4.94. The van der Waals surface area contributed by atoms with Crippen molar-refractivity contribution in [2.24, 2.45) is 0 Å². The quantitative estimate of drug-likeness (QED) is 0.615. The molecule has 33 heavy (non-hydrogen) atoms. The van der Waals surface area contributed by atoms with Crippen LogP contribution < -0.4 is 11.1 Å². The van der Waals surface area contributed by atoms with Gasteiger partial charge in [0.2, 0.25) is 5.91 Å². The third-order valence-corrected chi connectivity index (χ3v) is 6.80. The van der Waals surface area contributed by atoms with Crippen LogP contribution in [0.3, 0.4) is 0 Å². The smallest absolute Gasteiger partial charge is 0.408 e. The minimum atomic E-state index is -0.580. The van der Waals surface area contributed by atoms with E-state index < -0.39 is 5.76 Å². The third kappa shape index (κ3) is 4.58. The Bertz CT molecular complexity index is 1210. The Morgan fingerprint density at radius 2 is 1.82 bits per heavy atom. The van der Waals surface area contributed by atoms with Crippen molar-refractivity contribution >= 4 is 28.6 Å². The van der Waals surface area contributed by atoms with Crippen molar-refractivity contribution in [3.63, 3.8) is 0 Å². The number of likely N-dealkylation sites (tertiary alicyclic amines) is 1. The monoisotopic (exact) mass is 451 g/mol. The molecule has 9 heteroatoms. The SMILES string of the molecule is O=C(Nc1ccc2oc(=O)n(CC(=O)N3CCCCC3)c2c1)c1cc(C2CCCCC2)[nH]n1. The van der Waals surface area contributed by atoms with E-state index in [1.807, 2.05) is 6.07 Å². The van der Waals surface area contributed by atoms with Gasteiger partial charge in [0, 0.05) is 30.4 Å². The molecule has 174 valence electrons. The summed E-state index contributed by atoms with van der Waals surface area (Å²) in [5, 5.41) is 10.1. The van der Waals surface area contributed by atoms with Crippen LogP contribution in [0, 0.1) is 0 Å². The van der Waals surface area contributed by atoms with Crippen LogP contribution in [0.2, 0.25) is 0 Å². The second-order valence-electron chi connectivity index (χ2n) is 9.08. The number of aromatic amines is 1. The van der Waals surface area contributed by atoms with Gasteiger partial charge in [-0.1, -0.05) is 19.3 Å². The van der Waals surface area contributed by atoms with Crippen LogP contribution in [0.25, 0.3) is 11.1 Å². The minimum absolute atomic E-state index is 0.0760. The number of nitrogens with zero attached hydrogens (tertiary/aromatic N) is 3. The lowest BCUT2D eigenvalue weighted by molar-refractivity contribution is -0.132. The van der Waals surface area contributed by atoms with E-state index in [-0.39, 0.29) is 18.4 Å². The van der Waals surface area contributed by atoms with Gasteiger partial charge in [-0.2, -0.15) is 5.10 Å². The number of nitrogens with one attached hydrogen (secondary N) is 2. The van der Waals surface area contributed by atoms with Gasteiger partial charge in [0.1, 0.15) is 6.54 Å². The molecule has 1 aliphatic carbocycles. The van der Waals surface area contributed by atoms with Crippen LogP contribution in [-0.2, 0) is 11.3 Å². The van der Waals surface area contributed by atoms with Gasteiger partial charge in [0.05, 0.1) is 5.52 Å². The van der Waals surface area contributed by atoms with Crippen molar-refractivity contribution < 1.29 is 14.0 Å². The minimum Gasteiger partial charge on any atom is -0.408 e. The number of benzene rings is 1. The largest absolute Gasteiger partial charge is 0.420 e. The number of amides is 2. The Labute approximate surface area is 191 Å². The van der Waals surface area contributed by atoms with Gasteiger partial charge >= 0.3 is 5.76 Å². The number of oxazole rings is 1. The molecular formula is C24H29N5O4. The number of aromatic nitrogens is 3. The van der Waals surface area contributed by atoms with Gasteiger partial charge in [0.25, 0.3) is 5.91 Å². The summed E-state index contributed by atoms with van der Waals surface area (Å²) < 4.78 is 6.64. The highest BCUT2D eigenvalue weighted by Crippen LogP contribution is 2.31. The fourth-order valence-electron chi connectivity index (χ4n) is 4.94. The number of piperidine rings is 1. The lowest BCUT2D eigenvalue weighted by atomic mass is 9.87. The lowest BCUT2D eigenvalue weighted by Gasteiger charge is -2.26. The second kappa shape index (κ2) is 9.25. The van der Waals surface area contributed by atoms with Gasteiger partial charge in [-0.25, -0.2) is 4.79 Å². The van der Waals surface area contributed by atoms with Crippen LogP contribution in [0.1, 0.15) is 73.5 Å². The second-order valence-corrected chi connectivity index (χ2v) is 9.08. The number of anilines is 1. The maximum Gasteiger partial charge on any atom is 0.420 e. The van der Waals surface area contributed by atoms with Gasteiger partial charge in [-0.3, -0.25) is 19.3 Å². The molecule has 1 aliphatic heterocycles. The molecule has 3 aromatic rings. The fraction of sp³-hybridized carbons (Fsp3) is 0.500. The topological polar surface area (TPSA) is 113 Å². The molecule has 2 aliphatic rings. The van der Waals surface area contributed by atoms with Crippen LogP contribution in [-0.4, -0.2) is 44.6 Å². The molecule has 0 bridgehead atoms. The first-order valence-corrected chi connectivity index (χ1v) is 11.9. The van der Waals surface area contributed by atoms with E-state index in [0.29, 0.717) is 28.4 Å². The zero-order valence-corrected chi connectivity index (χ0v) is 18.6. The highest BCUT2D eigenvalue weighted by Gasteiger charge is 2.22. The first kappa shape index (κ1) is 21.5. The normalized spacial score (nSPS) is 17.4. The van der Waals surface area contributed by atoms with Crippen molar-refractivity contribution in [2.45, 2.75) is 63.8 Å². The third-order valence-electron chi connectivity index (χ3n) is 6.80. The van der Waals surface area contributed by atoms with Crippen molar-refractivity contribution in [2.75, 3.05) is 18.4 Å². The van der Waals surface area contributed by atoms with E-state index in [9.17, 15) is 14.4 Å². The van der Waals surface area contributed by atoms with E-state index in [0.717, 1.165) is 50.9 Å². The van der Waals surface area contributed by atoms with Crippen molar-refractivity contribution in [3.8, 4) is 0 Å². The number of hydrogen-bond acceptors (Lipinski definition) is 5. The first-order valence-electron chi connectivity index (χ1n) is 11.9. The van der Waals surface area contributed by atoms with Gasteiger partial charge < -0.3 is 14.6 Å². The van der Waals surface area contributed by atoms with Gasteiger partial charge in [-0.15, -0.1) is 0 Å². The average molecular weight is 452 g/mol. The summed E-state index contributed by atoms with van der Waals surface area (Å²) in [6.07, 6.45) is 9.01. The Morgan fingerprint density at radius 3 is 2.61 bits per heavy atom. The Morgan fingerprint density at radius 1 is 1.06 bits per heavy atom. The molecule has 1 saturated heterocycles. The van der Waals surface area contributed by atoms with E-state index in [1.165, 1.54) is 23.8 Å². The van der Waals surface area contributed by atoms with Gasteiger partial charge in [0.15, 0.2) is 11.3 Å². The molecule has 2 amide bonds. The van der Waals surface area contributed by atoms with Crippen molar-refractivity contribution in [1.29, 1.82) is 0 Å². The maximum atomic E-state index is 12.8. The predicted octanol–water partition coefficient (Wildman–Crippen LogP) is 3.63. The zero-order valence-electron chi connectivity index (χ0n) is 18.6. The van der Waals surface area contributed by atoms with E-state index in [2.05, 4.69) is 15.5 Å². The van der Waals surface area contributed by atoms with Gasteiger partial charge in [-0.05, 0) is 56.4 Å². The zero-order chi connectivity index (χ0) is 22.8. The molecule has 2 aromatic heterocycles. The van der Waals surface area contributed by atoms with Crippen molar-refractivity contribution in [3.05, 3.63) is 46.2 Å². The van der Waals surface area contributed by atoms with E-state index in [4.69, 9.17) is 4.42 Å². The molecule has 5 rings (SSSR count). The molecular weight excluding hydrogens is 422 g/mol. The summed E-state index contributed by atoms with van der Waals surface area (Å²) in [7, 11) is 0. The first-order chi connectivity index (χ1) is 16.1. The molecule has 1 saturated carbocycles. The van der Waals surface area contributed by atoms with E-state index >= 15 is 0 Å². The molecule has 9 nitrogen and oxygen atoms in total. The maximum absolute atomic E-state index is 12.8. The molecule has 2 N–H and O–H groups in total. The van der Waals surface area contributed by atoms with Crippen molar-refractivity contribution in [1.82, 2.24) is 19.7 Å². The summed E-state index contributed by atoms with van der Waals surface area (Å²) in [4.78, 5) is 39.6. The van der Waals surface area contributed by atoms with Crippen LogP contribution >= 0.6 is 0 Å². The molecule has 2 fully saturated rings. The molecule has 3 heterocycles. The number of hydrogen-bond donors (Lipinski definition) is 2. The van der Waals surface area contributed by atoms with E-state index in [1.54, 1.807) is 23.1 Å². The number of fused-ring (bicyclic) bond motifs is 1. The number of H-pyrrole nitrogens is 1. The van der Waals surface area contributed by atoms with Crippen LogP contribution in [0.4, 0.5) is 5.69 Å². The summed E-state index contributed by atoms with van der Waals surface area (Å²) in [6.45, 7) is 1.36. The summed E-state index contributed by atoms with van der Waals surface area (Å²) in [5.41, 5.74) is 2.71. The summed E-state index contributed by atoms with van der Waals surface area (Å²) in [5.74, 6) is -0.569. The lowest BCUT2D eigenvalue weighted by Crippen LogP contribution is -2.39. The summed E-state index contributed by atoms with van der Waals surface area (Å²) >= 11 is 0. The Hall–Kier alpha value is -3.36. The highest BCUT2D eigenvalue weighted by atomic mass is 16.4. The highest BCUT2D eigenvalue weighted by molar-refractivity contribution is 6.03. The average Bonchev–Trinajstić information content (AvgIpc) is 3.46. The standard InChI is InChI=1S/C24H29N5O4/c30-22(28-11-5-2-6-12-28)15-29-20-13-17(9-10-21(20)33-24(29)32)25-23(31)19-14-18(26-27-19)16-7-3-1-4-8-16/h9-10,13-14,16H,1-8,11-12,15H2,(H,25,31)(H,26,27). The molecule has 0 atom stereocenters. The molecule has 1 aromatic carbocycles. The molecule has 0 spiro atoms. The molecule has 0 radical (unpaired) electrons. The number of rotatable bonds is 5.